The normalized spacial score (nSPS) is 10.1. The standard InChI is InChI=1S/C8H9NO5/c10-7(11)5(8(12)13)4-14-6-2-1-3-9-6/h1-3,5,9H,4H2,(H,10,11)(H,12,13). The molecule has 6 nitrogen and oxygen atoms in total. The Morgan fingerprint density at radius 1 is 1.43 bits per heavy atom. The second-order valence-electron chi connectivity index (χ2n) is 2.57. The van der Waals surface area contributed by atoms with Crippen LogP contribution in [0, 0.1) is 5.92 Å². The molecule has 3 N–H and O–H groups in total. The number of hydrogen-bond acceptors (Lipinski definition) is 3. The molecule has 1 aromatic heterocycles. The Labute approximate surface area is 79.1 Å². The van der Waals surface area contributed by atoms with E-state index in [9.17, 15) is 9.59 Å². The number of aliphatic carboxylic acids is 2. The molecule has 0 unspecified atom stereocenters. The summed E-state index contributed by atoms with van der Waals surface area (Å²) in [5, 5.41) is 17.0. The number of hydrogen-bond donors (Lipinski definition) is 3. The second kappa shape index (κ2) is 4.31. The molecule has 0 aliphatic carbocycles. The number of ether oxygens (including phenoxy) is 1. The Morgan fingerprint density at radius 3 is 2.50 bits per heavy atom. The van der Waals surface area contributed by atoms with Crippen LogP contribution in [0.15, 0.2) is 18.3 Å². The van der Waals surface area contributed by atoms with Gasteiger partial charge in [0.05, 0.1) is 0 Å². The number of aromatic amines is 1. The zero-order valence-corrected chi connectivity index (χ0v) is 7.14. The van der Waals surface area contributed by atoms with Crippen molar-refractivity contribution in [3.05, 3.63) is 18.3 Å². The zero-order valence-electron chi connectivity index (χ0n) is 7.14. The van der Waals surface area contributed by atoms with Crippen LogP contribution in [0.3, 0.4) is 0 Å². The van der Waals surface area contributed by atoms with Crippen molar-refractivity contribution in [1.82, 2.24) is 4.98 Å². The van der Waals surface area contributed by atoms with E-state index in [1.807, 2.05) is 0 Å². The summed E-state index contributed by atoms with van der Waals surface area (Å²) in [5.41, 5.74) is 0. The molecule has 0 radical (unpaired) electrons. The summed E-state index contributed by atoms with van der Waals surface area (Å²) < 4.78 is 4.91. The van der Waals surface area contributed by atoms with Gasteiger partial charge in [-0.3, -0.25) is 9.59 Å². The van der Waals surface area contributed by atoms with Gasteiger partial charge in [0.15, 0.2) is 11.8 Å². The Balaban J connectivity index is 2.49. The van der Waals surface area contributed by atoms with Crippen LogP contribution in [0.25, 0.3) is 0 Å². The van der Waals surface area contributed by atoms with Crippen molar-refractivity contribution in [3.8, 4) is 5.88 Å². The lowest BCUT2D eigenvalue weighted by atomic mass is 10.2. The Hall–Kier alpha value is -1.98. The van der Waals surface area contributed by atoms with E-state index in [2.05, 4.69) is 4.98 Å². The van der Waals surface area contributed by atoms with Gasteiger partial charge in [-0.15, -0.1) is 0 Å². The number of H-pyrrole nitrogens is 1. The van der Waals surface area contributed by atoms with Gasteiger partial charge in [0.25, 0.3) is 0 Å². The lowest BCUT2D eigenvalue weighted by molar-refractivity contribution is -0.155. The molecule has 6 heteroatoms. The van der Waals surface area contributed by atoms with Crippen molar-refractivity contribution in [2.75, 3.05) is 6.61 Å². The Morgan fingerprint density at radius 2 is 2.07 bits per heavy atom. The molecule has 0 bridgehead atoms. The van der Waals surface area contributed by atoms with Crippen LogP contribution in [0.4, 0.5) is 0 Å². The molecule has 1 heterocycles. The van der Waals surface area contributed by atoms with Gasteiger partial charge in [-0.2, -0.15) is 0 Å². The highest BCUT2D eigenvalue weighted by Gasteiger charge is 2.26. The van der Waals surface area contributed by atoms with Crippen LogP contribution in [-0.2, 0) is 9.59 Å². The van der Waals surface area contributed by atoms with Crippen LogP contribution < -0.4 is 4.74 Å². The highest BCUT2D eigenvalue weighted by molar-refractivity contribution is 5.93. The molecular weight excluding hydrogens is 190 g/mol. The summed E-state index contributed by atoms with van der Waals surface area (Å²) in [5.74, 6) is -4.02. The van der Waals surface area contributed by atoms with E-state index >= 15 is 0 Å². The van der Waals surface area contributed by atoms with Gasteiger partial charge >= 0.3 is 11.9 Å². The molecule has 1 rings (SSSR count). The maximum atomic E-state index is 10.4. The van der Waals surface area contributed by atoms with Gasteiger partial charge in [-0.25, -0.2) is 0 Å². The Kier molecular flexibility index (Phi) is 3.11. The Bertz CT molecular complexity index is 304. The highest BCUT2D eigenvalue weighted by atomic mass is 16.5. The van der Waals surface area contributed by atoms with E-state index in [4.69, 9.17) is 14.9 Å². The maximum Gasteiger partial charge on any atom is 0.321 e. The first-order valence-corrected chi connectivity index (χ1v) is 3.83. The first kappa shape index (κ1) is 10.1. The van der Waals surface area contributed by atoms with E-state index in [1.54, 1.807) is 18.3 Å². The van der Waals surface area contributed by atoms with Crippen molar-refractivity contribution >= 4 is 11.9 Å². The third-order valence-electron chi connectivity index (χ3n) is 1.57. The lowest BCUT2D eigenvalue weighted by Gasteiger charge is -2.07. The van der Waals surface area contributed by atoms with Crippen LogP contribution >= 0.6 is 0 Å². The summed E-state index contributed by atoms with van der Waals surface area (Å²) in [6, 6.07) is 3.23. The zero-order chi connectivity index (χ0) is 10.6. The van der Waals surface area contributed by atoms with Gasteiger partial charge in [-0.1, -0.05) is 0 Å². The molecule has 0 aromatic carbocycles. The summed E-state index contributed by atoms with van der Waals surface area (Å²) >= 11 is 0. The lowest BCUT2D eigenvalue weighted by Crippen LogP contribution is -2.29. The van der Waals surface area contributed by atoms with Gasteiger partial charge in [0.1, 0.15) is 6.61 Å². The van der Waals surface area contributed by atoms with Crippen molar-refractivity contribution in [2.45, 2.75) is 0 Å². The number of aromatic nitrogens is 1. The third-order valence-corrected chi connectivity index (χ3v) is 1.57. The van der Waals surface area contributed by atoms with E-state index in [0.717, 1.165) is 0 Å². The molecule has 1 aromatic rings. The first-order valence-electron chi connectivity index (χ1n) is 3.83. The second-order valence-corrected chi connectivity index (χ2v) is 2.57. The minimum atomic E-state index is -1.54. The molecule has 0 amide bonds. The summed E-state index contributed by atoms with van der Waals surface area (Å²) in [6.45, 7) is -0.398. The van der Waals surface area contributed by atoms with Crippen LogP contribution in [0.1, 0.15) is 0 Å². The van der Waals surface area contributed by atoms with Crippen LogP contribution in [0.2, 0.25) is 0 Å². The first-order chi connectivity index (χ1) is 6.61. The molecule has 14 heavy (non-hydrogen) atoms. The fourth-order valence-corrected chi connectivity index (χ4v) is 0.825. The minimum absolute atomic E-state index is 0.345. The predicted octanol–water partition coefficient (Wildman–Crippen LogP) is 0.179. The maximum absolute atomic E-state index is 10.4. The SMILES string of the molecule is O=C(O)C(COc1ccc[nH]1)C(=O)O. The number of carbonyl (C=O) groups is 2. The smallest absolute Gasteiger partial charge is 0.321 e. The monoisotopic (exact) mass is 199 g/mol. The molecule has 0 saturated carbocycles. The van der Waals surface area contributed by atoms with E-state index in [1.165, 1.54) is 0 Å². The minimum Gasteiger partial charge on any atom is -0.481 e. The summed E-state index contributed by atoms with van der Waals surface area (Å²) in [4.78, 5) is 23.5. The van der Waals surface area contributed by atoms with Gasteiger partial charge < -0.3 is 19.9 Å². The molecule has 76 valence electrons. The molecule has 0 aliphatic rings. The number of carboxylic acids is 2. The van der Waals surface area contributed by atoms with Crippen LogP contribution in [-0.4, -0.2) is 33.7 Å². The van der Waals surface area contributed by atoms with Crippen molar-refractivity contribution in [1.29, 1.82) is 0 Å². The molecule has 0 saturated heterocycles. The van der Waals surface area contributed by atoms with Gasteiger partial charge in [-0.05, 0) is 12.1 Å². The molecule has 0 aliphatic heterocycles. The average Bonchev–Trinajstić information content (AvgIpc) is 2.55. The topological polar surface area (TPSA) is 99.6 Å². The van der Waals surface area contributed by atoms with Crippen molar-refractivity contribution in [2.24, 2.45) is 5.92 Å². The molecule has 0 fully saturated rings. The van der Waals surface area contributed by atoms with Crippen molar-refractivity contribution < 1.29 is 24.5 Å². The van der Waals surface area contributed by atoms with Crippen molar-refractivity contribution in [3.63, 3.8) is 0 Å². The molecule has 0 spiro atoms. The number of rotatable bonds is 5. The summed E-state index contributed by atoms with van der Waals surface area (Å²) in [6.07, 6.45) is 1.59. The quantitative estimate of drug-likeness (QED) is 0.587. The third kappa shape index (κ3) is 2.51. The summed E-state index contributed by atoms with van der Waals surface area (Å²) in [7, 11) is 0. The van der Waals surface area contributed by atoms with Gasteiger partial charge in [0, 0.05) is 6.20 Å². The van der Waals surface area contributed by atoms with E-state index in [-0.39, 0.29) is 0 Å². The predicted molar refractivity (Wildman–Crippen MR) is 45.0 cm³/mol. The van der Waals surface area contributed by atoms with E-state index in [0.29, 0.717) is 5.88 Å². The fourth-order valence-electron chi connectivity index (χ4n) is 0.825. The molecule has 0 atom stereocenters. The largest absolute Gasteiger partial charge is 0.481 e. The fraction of sp³-hybridized carbons (Fsp3) is 0.250. The molecular formula is C8H9NO5. The average molecular weight is 199 g/mol. The van der Waals surface area contributed by atoms with E-state index < -0.39 is 24.5 Å². The highest BCUT2D eigenvalue weighted by Crippen LogP contribution is 2.07. The number of carboxylic acid groups (broad SMARTS) is 2. The van der Waals surface area contributed by atoms with Crippen LogP contribution in [0.5, 0.6) is 5.88 Å². The van der Waals surface area contributed by atoms with Gasteiger partial charge in [0.2, 0.25) is 0 Å². The number of nitrogens with one attached hydrogen (secondary N) is 1.